The summed E-state index contributed by atoms with van der Waals surface area (Å²) in [5.74, 6) is 1.22. The zero-order valence-corrected chi connectivity index (χ0v) is 16.1. The number of nitrogens with zero attached hydrogens (tertiary/aromatic N) is 3. The molecule has 2 heterocycles. The Morgan fingerprint density at radius 3 is 2.72 bits per heavy atom. The molecule has 25 heavy (non-hydrogen) atoms. The minimum Gasteiger partial charge on any atom is -0.370 e. The van der Waals surface area contributed by atoms with Crippen molar-refractivity contribution in [2.75, 3.05) is 20.2 Å². The normalized spacial score (nSPS) is 21.2. The molecule has 8 nitrogen and oxygen atoms in total. The van der Waals surface area contributed by atoms with Crippen LogP contribution < -0.4 is 5.73 Å². The first kappa shape index (κ1) is 21.8. The van der Waals surface area contributed by atoms with E-state index in [4.69, 9.17) is 19.7 Å². The predicted molar refractivity (Wildman–Crippen MR) is 94.2 cm³/mol. The van der Waals surface area contributed by atoms with Crippen molar-refractivity contribution in [3.05, 3.63) is 11.7 Å². The molecule has 3 atom stereocenters. The number of hydrogen-bond donors (Lipinski definition) is 1. The summed E-state index contributed by atoms with van der Waals surface area (Å²) in [6.07, 6.45) is 0.811. The first-order chi connectivity index (χ1) is 11.4. The van der Waals surface area contributed by atoms with E-state index in [1.807, 2.05) is 6.92 Å². The number of rotatable bonds is 8. The Labute approximate surface area is 154 Å². The quantitative estimate of drug-likeness (QED) is 0.736. The van der Waals surface area contributed by atoms with Gasteiger partial charge in [-0.2, -0.15) is 4.98 Å². The van der Waals surface area contributed by atoms with Crippen LogP contribution in [-0.4, -0.2) is 53.4 Å². The summed E-state index contributed by atoms with van der Waals surface area (Å²) in [6.45, 7) is 7.35. The zero-order chi connectivity index (χ0) is 17.7. The molecule has 144 valence electrons. The summed E-state index contributed by atoms with van der Waals surface area (Å²) < 4.78 is 16.5. The van der Waals surface area contributed by atoms with E-state index in [0.29, 0.717) is 37.2 Å². The smallest absolute Gasteiger partial charge is 0.251 e. The van der Waals surface area contributed by atoms with Gasteiger partial charge in [-0.05, 0) is 25.7 Å². The third-order valence-electron chi connectivity index (χ3n) is 3.92. The Kier molecular flexibility index (Phi) is 8.78. The largest absolute Gasteiger partial charge is 0.370 e. The van der Waals surface area contributed by atoms with Crippen molar-refractivity contribution >= 4 is 18.3 Å². The van der Waals surface area contributed by atoms with Crippen LogP contribution in [0.3, 0.4) is 0 Å². The number of hydrogen-bond acceptors (Lipinski definition) is 7. The van der Waals surface area contributed by atoms with Gasteiger partial charge in [0, 0.05) is 20.2 Å². The second-order valence-corrected chi connectivity index (χ2v) is 6.67. The number of carbonyl (C=O) groups excluding carboxylic acids is 1. The number of halogens is 1. The van der Waals surface area contributed by atoms with Crippen molar-refractivity contribution in [3.63, 3.8) is 0 Å². The first-order valence-electron chi connectivity index (χ1n) is 8.45. The molecule has 1 saturated heterocycles. The van der Waals surface area contributed by atoms with Gasteiger partial charge in [0.05, 0.1) is 12.6 Å². The van der Waals surface area contributed by atoms with Gasteiger partial charge >= 0.3 is 0 Å². The molecular formula is C16H29ClN4O4. The molecular weight excluding hydrogens is 348 g/mol. The third kappa shape index (κ3) is 6.22. The molecule has 1 fully saturated rings. The average molecular weight is 377 g/mol. The molecule has 1 aromatic rings. The van der Waals surface area contributed by atoms with Crippen LogP contribution in [0.1, 0.15) is 51.4 Å². The van der Waals surface area contributed by atoms with Crippen LogP contribution in [0.25, 0.3) is 0 Å². The molecule has 0 bridgehead atoms. The Morgan fingerprint density at radius 2 is 2.12 bits per heavy atom. The van der Waals surface area contributed by atoms with Crippen molar-refractivity contribution in [1.82, 2.24) is 15.0 Å². The SMILES string of the molecule is CC(C)COC(C)c1noc(CN(C)C(=O)[C@@H]2CC[C@H](CN)O2)n1.Cl. The second-order valence-electron chi connectivity index (χ2n) is 6.67. The molecule has 1 amide bonds. The van der Waals surface area contributed by atoms with Gasteiger partial charge in [0.1, 0.15) is 12.2 Å². The lowest BCUT2D eigenvalue weighted by Crippen LogP contribution is -2.36. The highest BCUT2D eigenvalue weighted by Crippen LogP contribution is 2.21. The van der Waals surface area contributed by atoms with Gasteiger partial charge in [0.25, 0.3) is 5.91 Å². The molecule has 2 N–H and O–H groups in total. The number of likely N-dealkylation sites (N-methyl/N-ethyl adjacent to an activating group) is 1. The minimum absolute atomic E-state index is 0. The van der Waals surface area contributed by atoms with Crippen LogP contribution in [0.15, 0.2) is 4.52 Å². The van der Waals surface area contributed by atoms with E-state index in [9.17, 15) is 4.79 Å². The van der Waals surface area contributed by atoms with E-state index in [2.05, 4.69) is 24.0 Å². The van der Waals surface area contributed by atoms with Crippen LogP contribution in [0.5, 0.6) is 0 Å². The molecule has 0 aliphatic carbocycles. The number of carbonyl (C=O) groups is 1. The standard InChI is InChI=1S/C16H28N4O4.ClH/c1-10(2)9-22-11(3)15-18-14(24-19-15)8-20(4)16(21)13-6-5-12(7-17)23-13;/h10-13H,5-9,17H2,1-4H3;1H/t11?,12-,13+;/m1./s1. The van der Waals surface area contributed by atoms with Gasteiger partial charge < -0.3 is 24.6 Å². The predicted octanol–water partition coefficient (Wildman–Crippen LogP) is 1.69. The van der Waals surface area contributed by atoms with Gasteiger partial charge in [0.15, 0.2) is 5.82 Å². The summed E-state index contributed by atoms with van der Waals surface area (Å²) >= 11 is 0. The van der Waals surface area contributed by atoms with Crippen molar-refractivity contribution in [2.45, 2.75) is 58.5 Å². The van der Waals surface area contributed by atoms with Crippen LogP contribution >= 0.6 is 12.4 Å². The van der Waals surface area contributed by atoms with Crippen LogP contribution in [0.2, 0.25) is 0 Å². The van der Waals surface area contributed by atoms with Gasteiger partial charge in [-0.3, -0.25) is 4.79 Å². The second kappa shape index (κ2) is 10.1. The molecule has 1 aliphatic heterocycles. The molecule has 0 aromatic carbocycles. The topological polar surface area (TPSA) is 104 Å². The van der Waals surface area contributed by atoms with E-state index >= 15 is 0 Å². The highest BCUT2D eigenvalue weighted by molar-refractivity contribution is 5.85. The maximum atomic E-state index is 12.4. The first-order valence-corrected chi connectivity index (χ1v) is 8.45. The molecule has 0 saturated carbocycles. The lowest BCUT2D eigenvalue weighted by molar-refractivity contribution is -0.142. The van der Waals surface area contributed by atoms with Gasteiger partial charge in [-0.15, -0.1) is 12.4 Å². The Bertz CT molecular complexity index is 540. The summed E-state index contributed by atoms with van der Waals surface area (Å²) in [5.41, 5.74) is 5.58. The van der Waals surface area contributed by atoms with Gasteiger partial charge in [-0.1, -0.05) is 19.0 Å². The molecule has 9 heteroatoms. The highest BCUT2D eigenvalue weighted by atomic mass is 35.5. The van der Waals surface area contributed by atoms with Crippen LogP contribution in [0.4, 0.5) is 0 Å². The van der Waals surface area contributed by atoms with Gasteiger partial charge in [0.2, 0.25) is 5.89 Å². The minimum atomic E-state index is -0.431. The van der Waals surface area contributed by atoms with Crippen molar-refractivity contribution in [1.29, 1.82) is 0 Å². The summed E-state index contributed by atoms with van der Waals surface area (Å²) in [5, 5.41) is 3.93. The molecule has 2 rings (SSSR count). The molecule has 1 aromatic heterocycles. The van der Waals surface area contributed by atoms with Crippen molar-refractivity contribution < 1.29 is 18.8 Å². The number of ether oxygens (including phenoxy) is 2. The highest BCUT2D eigenvalue weighted by Gasteiger charge is 2.32. The summed E-state index contributed by atoms with van der Waals surface area (Å²) in [4.78, 5) is 18.2. The summed E-state index contributed by atoms with van der Waals surface area (Å²) in [6, 6.07) is 0. The van der Waals surface area contributed by atoms with Crippen LogP contribution in [0, 0.1) is 5.92 Å². The fourth-order valence-corrected chi connectivity index (χ4v) is 2.50. The Morgan fingerprint density at radius 1 is 1.40 bits per heavy atom. The summed E-state index contributed by atoms with van der Waals surface area (Å²) in [7, 11) is 1.70. The Balaban J connectivity index is 0.00000312. The molecule has 1 unspecified atom stereocenters. The maximum Gasteiger partial charge on any atom is 0.251 e. The van der Waals surface area contributed by atoms with Crippen molar-refractivity contribution in [2.24, 2.45) is 11.7 Å². The molecule has 0 spiro atoms. The van der Waals surface area contributed by atoms with Crippen LogP contribution in [-0.2, 0) is 20.8 Å². The van der Waals surface area contributed by atoms with E-state index in [-0.39, 0.29) is 37.1 Å². The third-order valence-corrected chi connectivity index (χ3v) is 3.92. The zero-order valence-electron chi connectivity index (χ0n) is 15.3. The van der Waals surface area contributed by atoms with E-state index in [1.54, 1.807) is 11.9 Å². The fraction of sp³-hybridized carbons (Fsp3) is 0.812. The maximum absolute atomic E-state index is 12.4. The average Bonchev–Trinajstić information content (AvgIpc) is 3.20. The Hall–Kier alpha value is -1.22. The number of aromatic nitrogens is 2. The monoisotopic (exact) mass is 376 g/mol. The van der Waals surface area contributed by atoms with E-state index < -0.39 is 6.10 Å². The number of nitrogens with two attached hydrogens (primary N) is 1. The fourth-order valence-electron chi connectivity index (χ4n) is 2.50. The lowest BCUT2D eigenvalue weighted by atomic mass is 10.2. The molecule has 1 aliphatic rings. The number of amides is 1. The van der Waals surface area contributed by atoms with Crippen molar-refractivity contribution in [3.8, 4) is 0 Å². The van der Waals surface area contributed by atoms with E-state index in [0.717, 1.165) is 6.42 Å². The van der Waals surface area contributed by atoms with E-state index in [1.165, 1.54) is 0 Å². The molecule has 0 radical (unpaired) electrons. The van der Waals surface area contributed by atoms with Gasteiger partial charge in [-0.25, -0.2) is 0 Å². The lowest BCUT2D eigenvalue weighted by Gasteiger charge is -2.19.